The highest BCUT2D eigenvalue weighted by Gasteiger charge is 2.24. The highest BCUT2D eigenvalue weighted by molar-refractivity contribution is 7.12. The van der Waals surface area contributed by atoms with Crippen LogP contribution in [0, 0.1) is 0 Å². The van der Waals surface area contributed by atoms with Crippen molar-refractivity contribution in [1.29, 1.82) is 0 Å². The van der Waals surface area contributed by atoms with Crippen molar-refractivity contribution >= 4 is 23.2 Å². The maximum Gasteiger partial charge on any atom is 0.261 e. The number of carbonyl (C=O) groups excluding carboxylic acids is 2. The summed E-state index contributed by atoms with van der Waals surface area (Å²) in [5, 5.41) is 7.76. The monoisotopic (exact) mass is 389 g/mol. The SMILES string of the molecule is O=C(CCCNC(=O)c1cccs1)NCC(c1ccco1)N1CCCCC1. The molecule has 1 aliphatic rings. The molecule has 0 aliphatic carbocycles. The lowest BCUT2D eigenvalue weighted by Gasteiger charge is -2.33. The summed E-state index contributed by atoms with van der Waals surface area (Å²) in [4.78, 5) is 27.1. The summed E-state index contributed by atoms with van der Waals surface area (Å²) in [6.45, 7) is 3.12. The minimum Gasteiger partial charge on any atom is -0.468 e. The molecule has 3 rings (SSSR count). The largest absolute Gasteiger partial charge is 0.468 e. The van der Waals surface area contributed by atoms with Gasteiger partial charge in [-0.2, -0.15) is 0 Å². The number of nitrogens with one attached hydrogen (secondary N) is 2. The first-order chi connectivity index (χ1) is 13.2. The second-order valence-corrected chi connectivity index (χ2v) is 7.72. The van der Waals surface area contributed by atoms with Crippen molar-refractivity contribution in [1.82, 2.24) is 15.5 Å². The van der Waals surface area contributed by atoms with Gasteiger partial charge in [0.25, 0.3) is 5.91 Å². The van der Waals surface area contributed by atoms with Crippen LogP contribution in [0.15, 0.2) is 40.3 Å². The first-order valence-corrected chi connectivity index (χ1v) is 10.5. The Balaban J connectivity index is 1.39. The smallest absolute Gasteiger partial charge is 0.261 e. The molecule has 0 radical (unpaired) electrons. The molecule has 1 fully saturated rings. The molecule has 146 valence electrons. The van der Waals surface area contributed by atoms with E-state index in [-0.39, 0.29) is 17.9 Å². The summed E-state index contributed by atoms with van der Waals surface area (Å²) in [5.41, 5.74) is 0. The lowest BCUT2D eigenvalue weighted by molar-refractivity contribution is -0.121. The van der Waals surface area contributed by atoms with Crippen molar-refractivity contribution in [2.75, 3.05) is 26.2 Å². The van der Waals surface area contributed by atoms with Gasteiger partial charge in [-0.25, -0.2) is 0 Å². The lowest BCUT2D eigenvalue weighted by Crippen LogP contribution is -2.40. The Bertz CT molecular complexity index is 694. The maximum atomic E-state index is 12.2. The standard InChI is InChI=1S/C20H27N3O3S/c24-19(9-4-10-21-20(25)18-8-6-14-27-18)22-15-16(17-7-5-13-26-17)23-11-2-1-3-12-23/h5-8,13-14,16H,1-4,9-12,15H2,(H,21,25)(H,22,24). The molecule has 2 amide bonds. The molecule has 2 N–H and O–H groups in total. The van der Waals surface area contributed by atoms with Gasteiger partial charge in [-0.1, -0.05) is 12.5 Å². The second kappa shape index (κ2) is 10.3. The van der Waals surface area contributed by atoms with E-state index in [9.17, 15) is 9.59 Å². The number of piperidine rings is 1. The van der Waals surface area contributed by atoms with Crippen LogP contribution < -0.4 is 10.6 Å². The molecule has 1 saturated heterocycles. The molecule has 1 atom stereocenters. The van der Waals surface area contributed by atoms with Gasteiger partial charge >= 0.3 is 0 Å². The van der Waals surface area contributed by atoms with Gasteiger partial charge in [-0.3, -0.25) is 14.5 Å². The summed E-state index contributed by atoms with van der Waals surface area (Å²) in [7, 11) is 0. The van der Waals surface area contributed by atoms with E-state index >= 15 is 0 Å². The molecule has 0 aromatic carbocycles. The van der Waals surface area contributed by atoms with E-state index in [4.69, 9.17) is 4.42 Å². The van der Waals surface area contributed by atoms with E-state index in [1.165, 1.54) is 30.6 Å². The highest BCUT2D eigenvalue weighted by Crippen LogP contribution is 2.24. The average Bonchev–Trinajstić information content (AvgIpc) is 3.40. The van der Waals surface area contributed by atoms with Crippen molar-refractivity contribution in [3.8, 4) is 0 Å². The van der Waals surface area contributed by atoms with Gasteiger partial charge in [0.15, 0.2) is 0 Å². The Morgan fingerprint density at radius 2 is 2.00 bits per heavy atom. The van der Waals surface area contributed by atoms with Crippen molar-refractivity contribution in [3.63, 3.8) is 0 Å². The van der Waals surface area contributed by atoms with Crippen LogP contribution in [0.4, 0.5) is 0 Å². The predicted octanol–water partition coefficient (Wildman–Crippen LogP) is 3.19. The Kier molecular flexibility index (Phi) is 7.47. The zero-order valence-corrected chi connectivity index (χ0v) is 16.3. The first-order valence-electron chi connectivity index (χ1n) is 9.60. The molecule has 27 heavy (non-hydrogen) atoms. The number of hydrogen-bond acceptors (Lipinski definition) is 5. The fourth-order valence-corrected chi connectivity index (χ4v) is 4.01. The summed E-state index contributed by atoms with van der Waals surface area (Å²) < 4.78 is 5.60. The van der Waals surface area contributed by atoms with E-state index in [0.717, 1.165) is 18.8 Å². The van der Waals surface area contributed by atoms with Crippen LogP contribution >= 0.6 is 11.3 Å². The summed E-state index contributed by atoms with van der Waals surface area (Å²) in [5.74, 6) is 0.836. The molecule has 6 nitrogen and oxygen atoms in total. The third kappa shape index (κ3) is 5.94. The third-order valence-corrected chi connectivity index (χ3v) is 5.68. The molecule has 1 unspecified atom stereocenters. The molecule has 1 aliphatic heterocycles. The van der Waals surface area contributed by atoms with Crippen LogP contribution in [0.25, 0.3) is 0 Å². The molecule has 0 spiro atoms. The van der Waals surface area contributed by atoms with Gasteiger partial charge in [0, 0.05) is 19.5 Å². The van der Waals surface area contributed by atoms with Crippen molar-refractivity contribution in [2.45, 2.75) is 38.1 Å². The Labute approximate surface area is 163 Å². The number of furan rings is 1. The number of rotatable bonds is 9. The Morgan fingerprint density at radius 3 is 2.70 bits per heavy atom. The maximum absolute atomic E-state index is 12.2. The van der Waals surface area contributed by atoms with E-state index < -0.39 is 0 Å². The van der Waals surface area contributed by atoms with Gasteiger partial charge in [-0.15, -0.1) is 11.3 Å². The van der Waals surface area contributed by atoms with Crippen molar-refractivity contribution < 1.29 is 14.0 Å². The third-order valence-electron chi connectivity index (χ3n) is 4.81. The van der Waals surface area contributed by atoms with Gasteiger partial charge in [0.05, 0.1) is 17.2 Å². The van der Waals surface area contributed by atoms with Crippen LogP contribution in [0.5, 0.6) is 0 Å². The number of hydrogen-bond donors (Lipinski definition) is 2. The van der Waals surface area contributed by atoms with E-state index in [0.29, 0.717) is 30.8 Å². The number of carbonyl (C=O) groups is 2. The van der Waals surface area contributed by atoms with Crippen molar-refractivity contribution in [3.05, 3.63) is 46.5 Å². The number of amides is 2. The topological polar surface area (TPSA) is 74.6 Å². The molecule has 7 heteroatoms. The lowest BCUT2D eigenvalue weighted by atomic mass is 10.1. The Hall–Kier alpha value is -2.12. The molecule has 0 saturated carbocycles. The number of likely N-dealkylation sites (tertiary alicyclic amines) is 1. The van der Waals surface area contributed by atoms with Crippen molar-refractivity contribution in [2.24, 2.45) is 0 Å². The predicted molar refractivity (Wildman–Crippen MR) is 106 cm³/mol. The zero-order chi connectivity index (χ0) is 18.9. The molecule has 0 bridgehead atoms. The average molecular weight is 390 g/mol. The van der Waals surface area contributed by atoms with E-state index in [2.05, 4.69) is 15.5 Å². The van der Waals surface area contributed by atoms with Crippen LogP contribution in [-0.4, -0.2) is 42.9 Å². The van der Waals surface area contributed by atoms with Crippen LogP contribution in [-0.2, 0) is 4.79 Å². The van der Waals surface area contributed by atoms with Gasteiger partial charge < -0.3 is 15.1 Å². The van der Waals surface area contributed by atoms with Crippen LogP contribution in [0.2, 0.25) is 0 Å². The van der Waals surface area contributed by atoms with Gasteiger partial charge in [-0.05, 0) is 55.9 Å². The zero-order valence-electron chi connectivity index (χ0n) is 15.5. The summed E-state index contributed by atoms with van der Waals surface area (Å²) >= 11 is 1.41. The minimum atomic E-state index is -0.0756. The van der Waals surface area contributed by atoms with Crippen LogP contribution in [0.3, 0.4) is 0 Å². The molecule has 2 aromatic rings. The highest BCUT2D eigenvalue weighted by atomic mass is 32.1. The minimum absolute atomic E-state index is 0.00828. The summed E-state index contributed by atoms with van der Waals surface area (Å²) in [6.07, 6.45) is 6.35. The number of nitrogens with zero attached hydrogens (tertiary/aromatic N) is 1. The van der Waals surface area contributed by atoms with Gasteiger partial charge in [0.2, 0.25) is 5.91 Å². The molecular weight excluding hydrogens is 362 g/mol. The first kappa shape index (κ1) is 19.6. The summed E-state index contributed by atoms with van der Waals surface area (Å²) in [6, 6.07) is 7.60. The second-order valence-electron chi connectivity index (χ2n) is 6.77. The molecule has 3 heterocycles. The molecule has 2 aromatic heterocycles. The molecular formula is C20H27N3O3S. The normalized spacial score (nSPS) is 16.0. The quantitative estimate of drug-likeness (QED) is 0.646. The fourth-order valence-electron chi connectivity index (χ4n) is 3.37. The van der Waals surface area contributed by atoms with Crippen LogP contribution in [0.1, 0.15) is 53.6 Å². The van der Waals surface area contributed by atoms with E-state index in [1.54, 1.807) is 12.3 Å². The fraction of sp³-hybridized carbons (Fsp3) is 0.500. The van der Waals surface area contributed by atoms with E-state index in [1.807, 2.05) is 23.6 Å². The van der Waals surface area contributed by atoms with Gasteiger partial charge in [0.1, 0.15) is 5.76 Å². The Morgan fingerprint density at radius 1 is 1.15 bits per heavy atom. The number of thiophene rings is 1.